The lowest BCUT2D eigenvalue weighted by atomic mass is 10.1. The van der Waals surface area contributed by atoms with Crippen LogP contribution in [-0.4, -0.2) is 54.9 Å². The minimum Gasteiger partial charge on any atom is -0.496 e. The molecule has 174 valence electrons. The van der Waals surface area contributed by atoms with Gasteiger partial charge in [0.2, 0.25) is 11.8 Å². The molecule has 0 bridgehead atoms. The quantitative estimate of drug-likeness (QED) is 0.360. The molecule has 0 saturated carbocycles. The summed E-state index contributed by atoms with van der Waals surface area (Å²) in [5, 5.41) is 12.5. The molecule has 0 radical (unpaired) electrons. The number of hydrogen-bond acceptors (Lipinski definition) is 7. The van der Waals surface area contributed by atoms with Crippen LogP contribution < -0.4 is 14.5 Å². The zero-order chi connectivity index (χ0) is 23.7. The second-order valence-corrected chi connectivity index (χ2v) is 8.76. The Morgan fingerprint density at radius 3 is 2.45 bits per heavy atom. The first kappa shape index (κ1) is 23.0. The van der Waals surface area contributed by atoms with Crippen LogP contribution in [0.5, 0.6) is 5.75 Å². The van der Waals surface area contributed by atoms with Crippen LogP contribution in [0, 0.1) is 16.0 Å². The molecule has 0 aliphatic carbocycles. The first-order valence-electron chi connectivity index (χ1n) is 10.7. The maximum Gasteiger partial charge on any atom is 0.294 e. The highest BCUT2D eigenvalue weighted by molar-refractivity contribution is 6.30. The van der Waals surface area contributed by atoms with Gasteiger partial charge in [0.15, 0.2) is 0 Å². The molecule has 4 rings (SSSR count). The van der Waals surface area contributed by atoms with Crippen molar-refractivity contribution in [3.05, 3.63) is 57.1 Å². The molecular formula is C23H25ClN4O5. The smallest absolute Gasteiger partial charge is 0.294 e. The Labute approximate surface area is 196 Å². The number of methoxy groups -OCH3 is 1. The Morgan fingerprint density at radius 2 is 1.85 bits per heavy atom. The Bertz CT molecular complexity index is 1100. The van der Waals surface area contributed by atoms with E-state index in [-0.39, 0.29) is 29.6 Å². The number of nitro benzene ring substituents is 1. The van der Waals surface area contributed by atoms with E-state index in [2.05, 4.69) is 4.90 Å². The fourth-order valence-corrected chi connectivity index (χ4v) is 4.57. The van der Waals surface area contributed by atoms with E-state index in [1.807, 2.05) is 17.0 Å². The molecule has 33 heavy (non-hydrogen) atoms. The average Bonchev–Trinajstić information content (AvgIpc) is 3.05. The summed E-state index contributed by atoms with van der Waals surface area (Å²) in [6.45, 7) is 4.95. The minimum atomic E-state index is -0.462. The van der Waals surface area contributed by atoms with Crippen molar-refractivity contribution in [3.8, 4) is 5.75 Å². The van der Waals surface area contributed by atoms with E-state index >= 15 is 0 Å². The number of ether oxygens (including phenoxy) is 1. The molecule has 2 aromatic carbocycles. The fraction of sp³-hybridized carbons (Fsp3) is 0.391. The van der Waals surface area contributed by atoms with E-state index in [0.29, 0.717) is 43.4 Å². The maximum atomic E-state index is 12.3. The van der Waals surface area contributed by atoms with E-state index in [9.17, 15) is 19.7 Å². The van der Waals surface area contributed by atoms with Crippen LogP contribution in [0.25, 0.3) is 0 Å². The van der Waals surface area contributed by atoms with Gasteiger partial charge in [-0.05, 0) is 30.3 Å². The van der Waals surface area contributed by atoms with Crippen molar-refractivity contribution >= 4 is 40.5 Å². The molecular weight excluding hydrogens is 448 g/mol. The SMILES string of the molecule is COc1ccc(Cl)cc1CN1CCN(c2ccc(N3C(=O)CC(C)C3=O)cc2[N+](=O)[O-])CC1. The Hall–Kier alpha value is -3.17. The van der Waals surface area contributed by atoms with E-state index in [1.54, 1.807) is 32.2 Å². The number of carbonyl (C=O) groups excluding carboxylic acids is 2. The van der Waals surface area contributed by atoms with Crippen LogP contribution in [0.1, 0.15) is 18.9 Å². The topological polar surface area (TPSA) is 96.2 Å². The summed E-state index contributed by atoms with van der Waals surface area (Å²) < 4.78 is 5.43. The zero-order valence-electron chi connectivity index (χ0n) is 18.5. The van der Waals surface area contributed by atoms with Gasteiger partial charge in [0.1, 0.15) is 11.4 Å². The number of nitro groups is 1. The minimum absolute atomic E-state index is 0.113. The van der Waals surface area contributed by atoms with Gasteiger partial charge in [-0.2, -0.15) is 0 Å². The number of halogens is 1. The molecule has 2 fully saturated rings. The van der Waals surface area contributed by atoms with Crippen LogP contribution in [0.4, 0.5) is 17.1 Å². The summed E-state index contributed by atoms with van der Waals surface area (Å²) in [7, 11) is 1.62. The molecule has 0 N–H and O–H groups in total. The molecule has 2 heterocycles. The van der Waals surface area contributed by atoms with E-state index in [4.69, 9.17) is 16.3 Å². The number of amides is 2. The van der Waals surface area contributed by atoms with Crippen LogP contribution in [0.2, 0.25) is 5.02 Å². The predicted octanol–water partition coefficient (Wildman–Crippen LogP) is 3.48. The molecule has 2 amide bonds. The fourth-order valence-electron chi connectivity index (χ4n) is 4.38. The lowest BCUT2D eigenvalue weighted by molar-refractivity contribution is -0.384. The molecule has 2 aromatic rings. The number of imide groups is 1. The summed E-state index contributed by atoms with van der Waals surface area (Å²) in [6, 6.07) is 10.1. The van der Waals surface area contributed by atoms with E-state index in [1.165, 1.54) is 6.07 Å². The third-order valence-electron chi connectivity index (χ3n) is 6.14. The standard InChI is InChI=1S/C23H25ClN4O5/c1-15-11-22(29)27(23(15)30)18-4-5-19(20(13-18)28(31)32)26-9-7-25(8-10-26)14-16-12-17(24)3-6-21(16)33-2/h3-6,12-13,15H,7-11,14H2,1-2H3. The Kier molecular flexibility index (Phi) is 6.53. The Balaban J connectivity index is 1.49. The normalized spacial score (nSPS) is 19.3. The average molecular weight is 473 g/mol. The highest BCUT2D eigenvalue weighted by Crippen LogP contribution is 2.36. The number of carbonyl (C=O) groups is 2. The van der Waals surface area contributed by atoms with Gasteiger partial charge in [-0.25, -0.2) is 0 Å². The first-order valence-corrected chi connectivity index (χ1v) is 11.1. The van der Waals surface area contributed by atoms with Gasteiger partial charge in [-0.3, -0.25) is 29.5 Å². The molecule has 0 aromatic heterocycles. The summed E-state index contributed by atoms with van der Waals surface area (Å²) in [4.78, 5) is 41.2. The summed E-state index contributed by atoms with van der Waals surface area (Å²) in [5.41, 5.74) is 1.60. The summed E-state index contributed by atoms with van der Waals surface area (Å²) in [6.07, 6.45) is 0.119. The van der Waals surface area contributed by atoms with Crippen molar-refractivity contribution in [1.82, 2.24) is 4.90 Å². The lowest BCUT2D eigenvalue weighted by Crippen LogP contribution is -2.46. The van der Waals surface area contributed by atoms with Crippen molar-refractivity contribution in [1.29, 1.82) is 0 Å². The van der Waals surface area contributed by atoms with Crippen LogP contribution >= 0.6 is 11.6 Å². The van der Waals surface area contributed by atoms with Gasteiger partial charge in [0.25, 0.3) is 5.69 Å². The van der Waals surface area contributed by atoms with E-state index in [0.717, 1.165) is 16.2 Å². The summed E-state index contributed by atoms with van der Waals surface area (Å²) >= 11 is 6.14. The first-order chi connectivity index (χ1) is 15.8. The van der Waals surface area contributed by atoms with Gasteiger partial charge < -0.3 is 9.64 Å². The third kappa shape index (κ3) is 4.65. The van der Waals surface area contributed by atoms with Gasteiger partial charge in [-0.15, -0.1) is 0 Å². The van der Waals surface area contributed by atoms with Gasteiger partial charge in [0.05, 0.1) is 17.7 Å². The van der Waals surface area contributed by atoms with Crippen molar-refractivity contribution in [3.63, 3.8) is 0 Å². The van der Waals surface area contributed by atoms with Crippen LogP contribution in [0.15, 0.2) is 36.4 Å². The van der Waals surface area contributed by atoms with Crippen LogP contribution in [0.3, 0.4) is 0 Å². The second kappa shape index (κ2) is 9.36. The lowest BCUT2D eigenvalue weighted by Gasteiger charge is -2.36. The second-order valence-electron chi connectivity index (χ2n) is 8.32. The maximum absolute atomic E-state index is 12.3. The number of anilines is 2. The molecule has 2 aliphatic rings. The molecule has 2 saturated heterocycles. The number of hydrogen-bond donors (Lipinski definition) is 0. The van der Waals surface area contributed by atoms with Crippen molar-refractivity contribution in [2.24, 2.45) is 5.92 Å². The van der Waals surface area contributed by atoms with Gasteiger partial charge in [-0.1, -0.05) is 18.5 Å². The highest BCUT2D eigenvalue weighted by Gasteiger charge is 2.37. The summed E-state index contributed by atoms with van der Waals surface area (Å²) in [5.74, 6) is -0.303. The largest absolute Gasteiger partial charge is 0.496 e. The van der Waals surface area contributed by atoms with Crippen LogP contribution in [-0.2, 0) is 16.1 Å². The third-order valence-corrected chi connectivity index (χ3v) is 6.37. The monoisotopic (exact) mass is 472 g/mol. The number of nitrogens with zero attached hydrogens (tertiary/aromatic N) is 4. The number of rotatable bonds is 6. The molecule has 2 aliphatic heterocycles. The van der Waals surface area contributed by atoms with E-state index < -0.39 is 10.8 Å². The zero-order valence-corrected chi connectivity index (χ0v) is 19.2. The van der Waals surface area contributed by atoms with Crippen molar-refractivity contribution in [2.75, 3.05) is 43.1 Å². The molecule has 0 spiro atoms. The Morgan fingerprint density at radius 1 is 1.12 bits per heavy atom. The van der Waals surface area contributed by atoms with Gasteiger partial charge in [0, 0.05) is 61.7 Å². The van der Waals surface area contributed by atoms with Gasteiger partial charge >= 0.3 is 0 Å². The van der Waals surface area contributed by atoms with Crippen molar-refractivity contribution < 1.29 is 19.2 Å². The number of benzene rings is 2. The van der Waals surface area contributed by atoms with Crippen molar-refractivity contribution in [2.45, 2.75) is 19.9 Å². The molecule has 1 unspecified atom stereocenters. The highest BCUT2D eigenvalue weighted by atomic mass is 35.5. The molecule has 1 atom stereocenters. The molecule has 10 heteroatoms. The predicted molar refractivity (Wildman–Crippen MR) is 125 cm³/mol. The number of piperazine rings is 1. The molecule has 9 nitrogen and oxygen atoms in total.